The molecule has 0 bridgehead atoms. The topological polar surface area (TPSA) is 115 Å². The van der Waals surface area contributed by atoms with Gasteiger partial charge in [-0.25, -0.2) is 9.78 Å². The second-order valence-electron chi connectivity index (χ2n) is 6.77. The van der Waals surface area contributed by atoms with Gasteiger partial charge in [0.1, 0.15) is 17.7 Å². The van der Waals surface area contributed by atoms with Crippen molar-refractivity contribution >= 4 is 17.8 Å². The molecular weight excluding hydrogens is 336 g/mol. The molecule has 0 radical (unpaired) electrons. The lowest BCUT2D eigenvalue weighted by molar-refractivity contribution is -0.129. The molecule has 3 rings (SSSR count). The highest BCUT2D eigenvalue weighted by Gasteiger charge is 2.42. The average Bonchev–Trinajstić information content (AvgIpc) is 2.90. The van der Waals surface area contributed by atoms with Crippen molar-refractivity contribution in [3.05, 3.63) is 23.9 Å². The molecule has 1 aromatic heterocycles. The normalized spacial score (nSPS) is 25.9. The van der Waals surface area contributed by atoms with Crippen LogP contribution in [0.4, 0.5) is 4.79 Å². The van der Waals surface area contributed by atoms with Crippen LogP contribution in [0.1, 0.15) is 55.8 Å². The van der Waals surface area contributed by atoms with Gasteiger partial charge < -0.3 is 15.8 Å². The molecule has 2 heterocycles. The zero-order valence-corrected chi connectivity index (χ0v) is 14.8. The van der Waals surface area contributed by atoms with Gasteiger partial charge in [0, 0.05) is 12.2 Å². The maximum atomic E-state index is 12.4. The van der Waals surface area contributed by atoms with Crippen LogP contribution in [0.15, 0.2) is 18.3 Å². The third-order valence-corrected chi connectivity index (χ3v) is 4.95. The maximum Gasteiger partial charge on any atom is 0.325 e. The number of rotatable bonds is 6. The van der Waals surface area contributed by atoms with Crippen LogP contribution in [0, 0.1) is 0 Å². The van der Waals surface area contributed by atoms with E-state index in [2.05, 4.69) is 10.3 Å². The molecule has 8 nitrogen and oxygen atoms in total. The Bertz CT molecular complexity index is 700. The van der Waals surface area contributed by atoms with Gasteiger partial charge in [0.2, 0.25) is 5.88 Å². The Labute approximate surface area is 152 Å². The summed E-state index contributed by atoms with van der Waals surface area (Å²) in [7, 11) is 0. The van der Waals surface area contributed by atoms with E-state index in [9.17, 15) is 14.4 Å². The second kappa shape index (κ2) is 7.72. The molecule has 3 N–H and O–H groups in total. The number of imide groups is 1. The van der Waals surface area contributed by atoms with E-state index < -0.39 is 11.9 Å². The Kier molecular flexibility index (Phi) is 5.39. The fraction of sp³-hybridized carbons (Fsp3) is 0.556. The zero-order chi connectivity index (χ0) is 18.7. The first-order chi connectivity index (χ1) is 12.5. The first-order valence-corrected chi connectivity index (χ1v) is 9.06. The Balaban J connectivity index is 1.59. The number of carbonyl (C=O) groups excluding carboxylic acids is 3. The third-order valence-electron chi connectivity index (χ3n) is 4.95. The van der Waals surface area contributed by atoms with Crippen molar-refractivity contribution in [2.45, 2.75) is 63.6 Å². The number of hydrogen-bond acceptors (Lipinski definition) is 5. The molecule has 2 fully saturated rings. The number of pyridine rings is 1. The van der Waals surface area contributed by atoms with Gasteiger partial charge in [0.15, 0.2) is 0 Å². The Hall–Kier alpha value is -2.64. The number of amides is 4. The molecular formula is C18H24N4O4. The first-order valence-electron chi connectivity index (χ1n) is 9.06. The number of primary amides is 1. The van der Waals surface area contributed by atoms with Crippen LogP contribution in [0.5, 0.6) is 5.88 Å². The average molecular weight is 360 g/mol. The zero-order valence-electron chi connectivity index (χ0n) is 14.8. The van der Waals surface area contributed by atoms with Crippen LogP contribution in [-0.2, 0) is 4.79 Å². The number of nitrogens with two attached hydrogens (primary N) is 1. The quantitative estimate of drug-likeness (QED) is 0.748. The van der Waals surface area contributed by atoms with Gasteiger partial charge in [-0.3, -0.25) is 14.5 Å². The van der Waals surface area contributed by atoms with Crippen molar-refractivity contribution in [1.29, 1.82) is 0 Å². The van der Waals surface area contributed by atoms with E-state index in [1.807, 2.05) is 6.92 Å². The first kappa shape index (κ1) is 18.2. The fourth-order valence-electron chi connectivity index (χ4n) is 3.63. The molecule has 1 aliphatic heterocycles. The van der Waals surface area contributed by atoms with Crippen molar-refractivity contribution in [3.8, 4) is 5.88 Å². The molecule has 1 saturated heterocycles. The second-order valence-corrected chi connectivity index (χ2v) is 6.77. The third kappa shape index (κ3) is 3.63. The minimum absolute atomic E-state index is 0.108. The van der Waals surface area contributed by atoms with E-state index >= 15 is 0 Å². The summed E-state index contributed by atoms with van der Waals surface area (Å²) in [4.78, 5) is 41.5. The summed E-state index contributed by atoms with van der Waals surface area (Å²) in [5, 5.41) is 2.77. The number of aromatic nitrogens is 1. The lowest BCUT2D eigenvalue weighted by atomic mass is 9.91. The summed E-state index contributed by atoms with van der Waals surface area (Å²) >= 11 is 0. The lowest BCUT2D eigenvalue weighted by Gasteiger charge is -2.33. The lowest BCUT2D eigenvalue weighted by Crippen LogP contribution is -2.44. The van der Waals surface area contributed by atoms with E-state index in [1.54, 1.807) is 18.3 Å². The van der Waals surface area contributed by atoms with Crippen LogP contribution in [0.25, 0.3) is 0 Å². The van der Waals surface area contributed by atoms with E-state index in [1.165, 1.54) is 4.90 Å². The molecule has 0 aromatic carbocycles. The monoisotopic (exact) mass is 360 g/mol. The van der Waals surface area contributed by atoms with Gasteiger partial charge >= 0.3 is 6.03 Å². The molecule has 140 valence electrons. The Morgan fingerprint density at radius 3 is 2.73 bits per heavy atom. The van der Waals surface area contributed by atoms with Crippen molar-refractivity contribution in [1.82, 2.24) is 15.2 Å². The van der Waals surface area contributed by atoms with Crippen molar-refractivity contribution in [2.75, 3.05) is 0 Å². The van der Waals surface area contributed by atoms with Crippen LogP contribution < -0.4 is 15.8 Å². The number of urea groups is 1. The molecule has 4 amide bonds. The smallest absolute Gasteiger partial charge is 0.325 e. The van der Waals surface area contributed by atoms with E-state index in [0.29, 0.717) is 32.1 Å². The summed E-state index contributed by atoms with van der Waals surface area (Å²) in [5.74, 6) is -0.466. The summed E-state index contributed by atoms with van der Waals surface area (Å²) < 4.78 is 5.86. The number of ether oxygens (including phenoxy) is 1. The van der Waals surface area contributed by atoms with Crippen LogP contribution in [-0.4, -0.2) is 45.9 Å². The predicted molar refractivity (Wildman–Crippen MR) is 93.5 cm³/mol. The van der Waals surface area contributed by atoms with Gasteiger partial charge in [-0.15, -0.1) is 0 Å². The molecule has 26 heavy (non-hydrogen) atoms. The van der Waals surface area contributed by atoms with Gasteiger partial charge in [-0.2, -0.15) is 0 Å². The van der Waals surface area contributed by atoms with Crippen molar-refractivity contribution in [3.63, 3.8) is 0 Å². The van der Waals surface area contributed by atoms with Crippen LogP contribution >= 0.6 is 0 Å². The molecule has 1 aliphatic carbocycles. The highest BCUT2D eigenvalue weighted by Crippen LogP contribution is 2.29. The van der Waals surface area contributed by atoms with Crippen molar-refractivity contribution < 1.29 is 19.1 Å². The number of carbonyl (C=O) groups is 3. The summed E-state index contributed by atoms with van der Waals surface area (Å²) in [5.41, 5.74) is 5.60. The summed E-state index contributed by atoms with van der Waals surface area (Å²) in [6, 6.07) is 2.42. The molecule has 0 spiro atoms. The molecule has 1 aromatic rings. The van der Waals surface area contributed by atoms with E-state index in [0.717, 1.165) is 6.42 Å². The fourth-order valence-corrected chi connectivity index (χ4v) is 3.63. The molecule has 2 aliphatic rings. The van der Waals surface area contributed by atoms with Crippen molar-refractivity contribution in [2.24, 2.45) is 5.73 Å². The Morgan fingerprint density at radius 2 is 2.08 bits per heavy atom. The van der Waals surface area contributed by atoms with Gasteiger partial charge in [-0.1, -0.05) is 13.3 Å². The predicted octanol–water partition coefficient (Wildman–Crippen LogP) is 1.59. The molecule has 1 saturated carbocycles. The Morgan fingerprint density at radius 1 is 1.35 bits per heavy atom. The SMILES string of the molecule is CCC[C@@H]1NC(=O)N([C@H]2CC[C@H](Oc3ncccc3C(N)=O)CC2)C1=O. The summed E-state index contributed by atoms with van der Waals surface area (Å²) in [6.45, 7) is 1.99. The number of nitrogens with zero attached hydrogens (tertiary/aromatic N) is 2. The summed E-state index contributed by atoms with van der Waals surface area (Å²) in [6.07, 6.45) is 5.62. The maximum absolute atomic E-state index is 12.4. The van der Waals surface area contributed by atoms with Gasteiger partial charge in [-0.05, 0) is 44.2 Å². The minimum Gasteiger partial charge on any atom is -0.474 e. The standard InChI is InChI=1S/C18H24N4O4/c1-2-4-14-17(24)22(18(25)21-14)11-6-8-12(9-7-11)26-16-13(15(19)23)5-3-10-20-16/h3,5,10-12,14H,2,4,6-9H2,1H3,(H2,19,23)(H,21,25)/t11-,12-,14-/m0/s1. The van der Waals surface area contributed by atoms with Crippen LogP contribution in [0.2, 0.25) is 0 Å². The highest BCUT2D eigenvalue weighted by molar-refractivity contribution is 6.04. The number of nitrogens with one attached hydrogen (secondary N) is 1. The van der Waals surface area contributed by atoms with E-state index in [4.69, 9.17) is 10.5 Å². The molecule has 0 unspecified atom stereocenters. The van der Waals surface area contributed by atoms with Crippen LogP contribution in [0.3, 0.4) is 0 Å². The van der Waals surface area contributed by atoms with Gasteiger partial charge in [0.25, 0.3) is 11.8 Å². The largest absolute Gasteiger partial charge is 0.474 e. The van der Waals surface area contributed by atoms with E-state index in [-0.39, 0.29) is 35.5 Å². The molecule has 8 heteroatoms. The number of hydrogen-bond donors (Lipinski definition) is 2. The minimum atomic E-state index is -0.580. The molecule has 1 atom stereocenters. The van der Waals surface area contributed by atoms with Gasteiger partial charge in [0.05, 0.1) is 0 Å². The highest BCUT2D eigenvalue weighted by atomic mass is 16.5.